The number of methoxy groups -OCH3 is 1. The molecule has 0 aliphatic carbocycles. The van der Waals surface area contributed by atoms with Gasteiger partial charge in [0.2, 0.25) is 0 Å². The zero-order chi connectivity index (χ0) is 23.7. The average Bonchev–Trinajstić information content (AvgIpc) is 3.18. The number of H-pyrrole nitrogens is 1. The van der Waals surface area contributed by atoms with E-state index in [1.54, 1.807) is 25.6 Å². The number of carbonyl (C=O) groups is 1. The van der Waals surface area contributed by atoms with Crippen molar-refractivity contribution < 1.29 is 19.0 Å². The number of pyridine rings is 1. The Labute approximate surface area is 203 Å². The molecule has 9 heteroatoms. The Balaban J connectivity index is 1.58. The van der Waals surface area contributed by atoms with Crippen molar-refractivity contribution in [3.63, 3.8) is 0 Å². The second-order valence-electron chi connectivity index (χ2n) is 8.69. The maximum atomic E-state index is 12.9. The number of benzene rings is 1. The Morgan fingerprint density at radius 1 is 1.29 bits per heavy atom. The van der Waals surface area contributed by atoms with E-state index in [4.69, 9.17) is 25.8 Å². The lowest BCUT2D eigenvalue weighted by Crippen LogP contribution is -2.46. The van der Waals surface area contributed by atoms with E-state index in [9.17, 15) is 4.79 Å². The highest BCUT2D eigenvalue weighted by Gasteiger charge is 2.38. The second kappa shape index (κ2) is 9.19. The minimum absolute atomic E-state index is 0.0250. The van der Waals surface area contributed by atoms with Gasteiger partial charge >= 0.3 is 0 Å². The number of aromatic amines is 1. The van der Waals surface area contributed by atoms with E-state index in [1.807, 2.05) is 18.2 Å². The van der Waals surface area contributed by atoms with Gasteiger partial charge in [0.15, 0.2) is 5.75 Å². The molecule has 1 fully saturated rings. The quantitative estimate of drug-likeness (QED) is 0.435. The summed E-state index contributed by atoms with van der Waals surface area (Å²) in [6, 6.07) is 7.34. The van der Waals surface area contributed by atoms with Gasteiger partial charge in [-0.15, -0.1) is 0 Å². The van der Waals surface area contributed by atoms with Crippen LogP contribution in [-0.2, 0) is 11.2 Å². The zero-order valence-corrected chi connectivity index (χ0v) is 19.9. The van der Waals surface area contributed by atoms with Crippen LogP contribution in [0.25, 0.3) is 11.3 Å². The summed E-state index contributed by atoms with van der Waals surface area (Å²) in [5, 5.41) is 6.82. The molecule has 0 atom stereocenters. The molecule has 3 N–H and O–H groups in total. The Bertz CT molecular complexity index is 1220. The fourth-order valence-corrected chi connectivity index (χ4v) is 4.62. The third-order valence-electron chi connectivity index (χ3n) is 6.55. The third-order valence-corrected chi connectivity index (χ3v) is 6.85. The smallest absolute Gasteiger partial charge is 0.255 e. The van der Waals surface area contributed by atoms with Crippen molar-refractivity contribution in [2.75, 3.05) is 38.8 Å². The van der Waals surface area contributed by atoms with E-state index in [0.717, 1.165) is 23.4 Å². The number of nitrogens with one attached hydrogen (secondary N) is 3. The van der Waals surface area contributed by atoms with Gasteiger partial charge in [0.05, 0.1) is 66.2 Å². The van der Waals surface area contributed by atoms with Crippen molar-refractivity contribution in [2.45, 2.75) is 19.8 Å². The van der Waals surface area contributed by atoms with E-state index < -0.39 is 0 Å². The minimum atomic E-state index is -0.139. The van der Waals surface area contributed by atoms with Crippen LogP contribution >= 0.6 is 11.6 Å². The van der Waals surface area contributed by atoms with Crippen LogP contribution < -0.4 is 20.1 Å². The normalized spacial score (nSPS) is 16.3. The van der Waals surface area contributed by atoms with Crippen LogP contribution in [0.4, 0.5) is 11.4 Å². The molecule has 0 spiro atoms. The van der Waals surface area contributed by atoms with E-state index in [-0.39, 0.29) is 11.3 Å². The summed E-state index contributed by atoms with van der Waals surface area (Å²) in [4.78, 5) is 20.7. The standard InChI is InChI=1S/C25H27ClN4O4/c1-3-25(12-33-13-25)14-34-19-11-27-9-7-15(19)21-22(20-17(29-21)8-10-28-24(20)31)30-18-6-4-5-16(26)23(18)32-2/h4-7,9,11,29-30H,3,8,10,12-14H2,1-2H3,(H,28,31). The van der Waals surface area contributed by atoms with Crippen LogP contribution in [0.1, 0.15) is 29.4 Å². The number of aromatic nitrogens is 2. The summed E-state index contributed by atoms with van der Waals surface area (Å²) in [7, 11) is 1.56. The molecule has 2 aliphatic heterocycles. The summed E-state index contributed by atoms with van der Waals surface area (Å²) in [5.74, 6) is 1.00. The largest absolute Gasteiger partial charge is 0.493 e. The molecule has 2 aliphatic rings. The van der Waals surface area contributed by atoms with Crippen LogP contribution in [0.15, 0.2) is 36.7 Å². The summed E-state index contributed by atoms with van der Waals surface area (Å²) in [6.45, 7) is 4.64. The fraction of sp³-hybridized carbons (Fsp3) is 0.360. The van der Waals surface area contributed by atoms with E-state index in [2.05, 4.69) is 27.5 Å². The third kappa shape index (κ3) is 3.97. The maximum absolute atomic E-state index is 12.9. The summed E-state index contributed by atoms with van der Waals surface area (Å²) < 4.78 is 17.2. The Kier molecular flexibility index (Phi) is 6.10. The first-order valence-electron chi connectivity index (χ1n) is 11.3. The zero-order valence-electron chi connectivity index (χ0n) is 19.2. The van der Waals surface area contributed by atoms with E-state index >= 15 is 0 Å². The highest BCUT2D eigenvalue weighted by molar-refractivity contribution is 6.32. The molecule has 34 heavy (non-hydrogen) atoms. The summed E-state index contributed by atoms with van der Waals surface area (Å²) in [5.41, 5.74) is 4.32. The van der Waals surface area contributed by atoms with E-state index in [0.29, 0.717) is 66.2 Å². The van der Waals surface area contributed by atoms with Crippen molar-refractivity contribution in [1.82, 2.24) is 15.3 Å². The molecule has 0 unspecified atom stereocenters. The molecule has 0 bridgehead atoms. The molecule has 0 saturated carbocycles. The minimum Gasteiger partial charge on any atom is -0.493 e. The SMILES string of the molecule is CCC1(COc2cnccc2-c2[nH]c3c(c2Nc2cccc(Cl)c2OC)C(=O)NCC3)COC1. The lowest BCUT2D eigenvalue weighted by Gasteiger charge is -2.40. The predicted molar refractivity (Wildman–Crippen MR) is 130 cm³/mol. The van der Waals surface area contributed by atoms with Crippen LogP contribution in [0.2, 0.25) is 5.02 Å². The first kappa shape index (κ1) is 22.6. The topological polar surface area (TPSA) is 97.5 Å². The van der Waals surface area contributed by atoms with Gasteiger partial charge in [-0.25, -0.2) is 0 Å². The first-order chi connectivity index (χ1) is 16.5. The first-order valence-corrected chi connectivity index (χ1v) is 11.7. The molecule has 4 heterocycles. The van der Waals surface area contributed by atoms with Crippen LogP contribution in [-0.4, -0.2) is 49.4 Å². The van der Waals surface area contributed by atoms with Crippen molar-refractivity contribution in [3.05, 3.63) is 52.9 Å². The molecule has 2 aromatic heterocycles. The fourth-order valence-electron chi connectivity index (χ4n) is 4.37. The molecular formula is C25H27ClN4O4. The highest BCUT2D eigenvalue weighted by atomic mass is 35.5. The van der Waals surface area contributed by atoms with Crippen molar-refractivity contribution >= 4 is 28.9 Å². The number of hydrogen-bond acceptors (Lipinski definition) is 6. The van der Waals surface area contributed by atoms with Crippen molar-refractivity contribution in [1.29, 1.82) is 0 Å². The number of anilines is 2. The Hall–Kier alpha value is -3.23. The lowest BCUT2D eigenvalue weighted by molar-refractivity contribution is -0.133. The molecule has 0 radical (unpaired) electrons. The number of fused-ring (bicyclic) bond motifs is 1. The number of amides is 1. The van der Waals surface area contributed by atoms with Gasteiger partial charge in [0.1, 0.15) is 5.75 Å². The number of para-hydroxylation sites is 1. The molecule has 178 valence electrons. The molecular weight excluding hydrogens is 456 g/mol. The number of halogens is 1. The van der Waals surface area contributed by atoms with Gasteiger partial charge in [0.25, 0.3) is 5.91 Å². The number of carbonyl (C=O) groups excluding carboxylic acids is 1. The van der Waals surface area contributed by atoms with Crippen LogP contribution in [0, 0.1) is 5.41 Å². The molecule has 8 nitrogen and oxygen atoms in total. The van der Waals surface area contributed by atoms with Crippen molar-refractivity contribution in [2.24, 2.45) is 5.41 Å². The number of nitrogens with zero attached hydrogens (tertiary/aromatic N) is 1. The van der Waals surface area contributed by atoms with Gasteiger partial charge in [-0.05, 0) is 24.6 Å². The summed E-state index contributed by atoms with van der Waals surface area (Å²) >= 11 is 6.35. The average molecular weight is 483 g/mol. The summed E-state index contributed by atoms with van der Waals surface area (Å²) in [6.07, 6.45) is 5.09. The van der Waals surface area contributed by atoms with Gasteiger partial charge in [0, 0.05) is 30.4 Å². The molecule has 3 aromatic rings. The maximum Gasteiger partial charge on any atom is 0.255 e. The Morgan fingerprint density at radius 3 is 2.88 bits per heavy atom. The number of hydrogen-bond donors (Lipinski definition) is 3. The highest BCUT2D eigenvalue weighted by Crippen LogP contribution is 2.43. The second-order valence-corrected chi connectivity index (χ2v) is 9.09. The van der Waals surface area contributed by atoms with Crippen LogP contribution in [0.3, 0.4) is 0 Å². The van der Waals surface area contributed by atoms with Crippen molar-refractivity contribution in [3.8, 4) is 22.8 Å². The lowest BCUT2D eigenvalue weighted by atomic mass is 9.84. The monoisotopic (exact) mass is 482 g/mol. The number of ether oxygens (including phenoxy) is 3. The Morgan fingerprint density at radius 2 is 2.15 bits per heavy atom. The molecule has 1 saturated heterocycles. The predicted octanol–water partition coefficient (Wildman–Crippen LogP) is 4.57. The van der Waals surface area contributed by atoms with Gasteiger partial charge in [-0.2, -0.15) is 0 Å². The van der Waals surface area contributed by atoms with Gasteiger partial charge < -0.3 is 29.8 Å². The molecule has 5 rings (SSSR count). The van der Waals surface area contributed by atoms with E-state index in [1.165, 1.54) is 0 Å². The molecule has 1 aromatic carbocycles. The van der Waals surface area contributed by atoms with Crippen LogP contribution in [0.5, 0.6) is 11.5 Å². The van der Waals surface area contributed by atoms with Gasteiger partial charge in [-0.1, -0.05) is 24.6 Å². The molecule has 1 amide bonds. The van der Waals surface area contributed by atoms with Gasteiger partial charge in [-0.3, -0.25) is 9.78 Å². The number of rotatable bonds is 8.